The second-order valence-electron chi connectivity index (χ2n) is 31.9. The third-order valence-electron chi connectivity index (χ3n) is 20.4. The molecule has 600 valence electrons. The number of carboxylic acids is 1. The second-order valence-corrected chi connectivity index (χ2v) is 33.6. The number of alkyl halides is 4. The van der Waals surface area contributed by atoms with Gasteiger partial charge in [-0.15, -0.1) is 0 Å². The van der Waals surface area contributed by atoms with E-state index in [1.54, 1.807) is 0 Å². The van der Waals surface area contributed by atoms with Crippen molar-refractivity contribution in [1.82, 2.24) is 13.7 Å². The summed E-state index contributed by atoms with van der Waals surface area (Å²) in [5.41, 5.74) is 20.6. The Bertz CT molecular complexity index is 5030. The highest BCUT2D eigenvalue weighted by Gasteiger charge is 2.41. The number of aliphatic carboxylic acids is 1. The Kier molecular flexibility index (Phi) is 25.8. The quantitative estimate of drug-likeness (QED) is 0.0339. The summed E-state index contributed by atoms with van der Waals surface area (Å²) >= 11 is 0. The molecule has 9 aromatic rings. The van der Waals surface area contributed by atoms with Gasteiger partial charge in [0.1, 0.15) is 0 Å². The summed E-state index contributed by atoms with van der Waals surface area (Å²) < 4.78 is 125. The van der Waals surface area contributed by atoms with Crippen LogP contribution in [-0.2, 0) is 81.5 Å². The number of hydrogen-bond acceptors (Lipinski definition) is 16. The van der Waals surface area contributed by atoms with Crippen molar-refractivity contribution in [3.05, 3.63) is 158 Å². The molecule has 0 amide bonds. The zero-order valence-electron chi connectivity index (χ0n) is 67.9. The van der Waals surface area contributed by atoms with Gasteiger partial charge in [0, 0.05) is 109 Å². The minimum Gasteiger partial charge on any atom is -0.479 e. The number of aromatic nitrogens is 3. The van der Waals surface area contributed by atoms with Crippen LogP contribution in [0.1, 0.15) is 148 Å². The number of anilines is 3. The van der Waals surface area contributed by atoms with E-state index >= 15 is 0 Å². The Hall–Kier alpha value is -8.82. The standard InChI is InChI=1S/C29H36F2N2O4.C29H38N2O6S.C28H34F2N2O4/c1-17-8-10-20(11-9-17)23-21-16-18(2)33-13-12-32(14-15-36-28(30)31)24(25(21)33)19(3)22(23)26(27(34)35-7)37-29(4,5)6;1-18-9-11-21(12-10-18)24-22-17-19(2)31-14-13-30(15-16-36-38(8,33)34)25(26(22)31)20(3)23(24)27(28(32)35-7)37-29(4,5)6;1-16-7-9-19(10-8-16)22-20-15-17(2)32-12-11-31(13-14-35-27(29)30)23(24(20)32)18(3)21(22)25(26(33)34)36-28(4,5)6/h8-11,16,26,28H,12-15H2,1-7H3;9-12,17,27H,13-16H2,1-8H3;7-10,15,25,27H,11-14H2,1-6H3,(H,33,34)/t26-;27-;25-/m000/s1. The first-order chi connectivity index (χ1) is 52.0. The van der Waals surface area contributed by atoms with E-state index in [1.165, 1.54) is 14.2 Å². The van der Waals surface area contributed by atoms with Crippen LogP contribution >= 0.6 is 0 Å². The first-order valence-corrected chi connectivity index (χ1v) is 39.4. The number of ether oxygens (including phenoxy) is 7. The van der Waals surface area contributed by atoms with Crippen LogP contribution in [0.15, 0.2) is 91.0 Å². The van der Waals surface area contributed by atoms with Crippen molar-refractivity contribution in [3.63, 3.8) is 0 Å². The molecule has 12 rings (SSSR count). The van der Waals surface area contributed by atoms with Crippen LogP contribution in [0.25, 0.3) is 66.1 Å². The number of carbonyl (C=O) groups excluding carboxylic acids is 2. The number of aryl methyl sites for hydroxylation is 6. The molecule has 6 aromatic carbocycles. The van der Waals surface area contributed by atoms with E-state index in [4.69, 9.17) is 27.9 Å². The Morgan fingerprint density at radius 2 is 0.703 bits per heavy atom. The third-order valence-corrected chi connectivity index (χ3v) is 20.9. The molecule has 111 heavy (non-hydrogen) atoms. The van der Waals surface area contributed by atoms with E-state index in [9.17, 15) is 45.5 Å². The second kappa shape index (κ2) is 33.9. The maximum atomic E-state index is 13.3. The highest BCUT2D eigenvalue weighted by atomic mass is 32.2. The van der Waals surface area contributed by atoms with Crippen molar-refractivity contribution in [2.24, 2.45) is 0 Å². The first-order valence-electron chi connectivity index (χ1n) is 37.5. The van der Waals surface area contributed by atoms with Gasteiger partial charge in [-0.25, -0.2) is 14.4 Å². The molecule has 1 N–H and O–H groups in total. The summed E-state index contributed by atoms with van der Waals surface area (Å²) in [5, 5.41) is 13.3. The minimum absolute atomic E-state index is 0.0351. The van der Waals surface area contributed by atoms with Crippen molar-refractivity contribution in [1.29, 1.82) is 0 Å². The maximum Gasteiger partial charge on any atom is 0.345 e. The summed E-state index contributed by atoms with van der Waals surface area (Å²) in [6.07, 6.45) is -2.10. The predicted molar refractivity (Wildman–Crippen MR) is 429 cm³/mol. The number of carboxylic acid groups (broad SMARTS) is 1. The van der Waals surface area contributed by atoms with Crippen molar-refractivity contribution < 1.29 is 82.8 Å². The monoisotopic (exact) mass is 1560 g/mol. The lowest BCUT2D eigenvalue weighted by atomic mass is 9.87. The molecule has 0 aliphatic carbocycles. The number of benzene rings is 6. The van der Waals surface area contributed by atoms with Gasteiger partial charge in [0.15, 0.2) is 18.3 Å². The molecule has 0 radical (unpaired) electrons. The Morgan fingerprint density at radius 3 is 0.955 bits per heavy atom. The summed E-state index contributed by atoms with van der Waals surface area (Å²) in [5.74, 6) is -2.04. The van der Waals surface area contributed by atoms with Crippen LogP contribution in [0.4, 0.5) is 34.6 Å². The van der Waals surface area contributed by atoms with E-state index in [-0.39, 0.29) is 26.4 Å². The molecular weight excluding hydrogens is 1450 g/mol. The van der Waals surface area contributed by atoms with E-state index in [1.807, 2.05) is 140 Å². The third kappa shape index (κ3) is 18.8. The Balaban J connectivity index is 0.000000177. The summed E-state index contributed by atoms with van der Waals surface area (Å²) in [6.45, 7) is 34.3. The number of esters is 2. The molecule has 3 aliphatic rings. The fourth-order valence-corrected chi connectivity index (χ4v) is 16.2. The lowest BCUT2D eigenvalue weighted by Gasteiger charge is -2.36. The van der Waals surface area contributed by atoms with Crippen LogP contribution in [-0.4, -0.2) is 155 Å². The molecule has 3 atom stereocenters. The summed E-state index contributed by atoms with van der Waals surface area (Å²) in [4.78, 5) is 45.5. The molecule has 0 spiro atoms. The van der Waals surface area contributed by atoms with E-state index in [2.05, 4.69) is 114 Å². The van der Waals surface area contributed by atoms with Gasteiger partial charge in [-0.2, -0.15) is 26.0 Å². The van der Waals surface area contributed by atoms with Gasteiger partial charge in [-0.3, -0.25) is 4.18 Å². The molecule has 25 heteroatoms. The predicted octanol–water partition coefficient (Wildman–Crippen LogP) is 17.6. The molecular formula is C86H108F4N6O14S. The van der Waals surface area contributed by atoms with Gasteiger partial charge >= 0.3 is 31.1 Å². The largest absolute Gasteiger partial charge is 0.479 e. The van der Waals surface area contributed by atoms with Gasteiger partial charge in [-0.1, -0.05) is 89.5 Å². The average molecular weight is 1560 g/mol. The van der Waals surface area contributed by atoms with E-state index < -0.39 is 76.4 Å². The van der Waals surface area contributed by atoms with Crippen molar-refractivity contribution >= 4 is 77.8 Å². The van der Waals surface area contributed by atoms with E-state index in [0.29, 0.717) is 44.8 Å². The van der Waals surface area contributed by atoms with Crippen LogP contribution < -0.4 is 14.7 Å². The van der Waals surface area contributed by atoms with Crippen LogP contribution in [0, 0.1) is 62.3 Å². The highest BCUT2D eigenvalue weighted by Crippen LogP contribution is 2.52. The van der Waals surface area contributed by atoms with Crippen molar-refractivity contribution in [3.8, 4) is 33.4 Å². The van der Waals surface area contributed by atoms with Crippen molar-refractivity contribution in [2.75, 3.05) is 94.3 Å². The van der Waals surface area contributed by atoms with Gasteiger partial charge in [-0.05, 0) is 193 Å². The fraction of sp³-hybridized carbons (Fsp3) is 0.477. The molecule has 0 saturated heterocycles. The number of methoxy groups -OCH3 is 2. The number of rotatable bonds is 24. The zero-order valence-corrected chi connectivity index (χ0v) is 68.7. The highest BCUT2D eigenvalue weighted by molar-refractivity contribution is 7.86. The van der Waals surface area contributed by atoms with Crippen LogP contribution in [0.2, 0.25) is 0 Å². The normalized spacial score (nSPS) is 14.6. The molecule has 3 aliphatic heterocycles. The average Bonchev–Trinajstić information content (AvgIpc) is 1.64. The molecule has 0 saturated carbocycles. The Morgan fingerprint density at radius 1 is 0.432 bits per heavy atom. The number of hydrogen-bond donors (Lipinski definition) is 1. The van der Waals surface area contributed by atoms with E-state index in [0.717, 1.165) is 164 Å². The molecule has 6 heterocycles. The molecule has 0 bridgehead atoms. The van der Waals surface area contributed by atoms with Gasteiger partial charge in [0.2, 0.25) is 0 Å². The van der Waals surface area contributed by atoms with Crippen LogP contribution in [0.3, 0.4) is 0 Å². The lowest BCUT2D eigenvalue weighted by Crippen LogP contribution is -2.36. The van der Waals surface area contributed by atoms with Gasteiger partial charge in [0.25, 0.3) is 10.1 Å². The SMILES string of the molecule is COC(=O)[C@@H](OC(C)(C)C)c1c(C)c2c3c(cc(C)n3CCN2CCOC(F)F)c1-c1ccc(C)cc1.COC(=O)[C@@H](OC(C)(C)C)c1c(C)c2c3c(cc(C)n3CCN2CCOS(C)(=O)=O)c1-c1ccc(C)cc1.Cc1ccc(-c2c([C@H](OC(C)(C)C)C(=O)O)c(C)c3c4c2cc(C)n4CCN3CCOC(F)F)cc1. The first kappa shape index (κ1) is 84.6. The number of nitrogens with zero attached hydrogens (tertiary/aromatic N) is 6. The van der Waals surface area contributed by atoms with Crippen molar-refractivity contribution in [2.45, 2.75) is 193 Å². The lowest BCUT2D eigenvalue weighted by molar-refractivity contribution is -0.164. The zero-order chi connectivity index (χ0) is 81.4. The molecule has 20 nitrogen and oxygen atoms in total. The topological polar surface area (TPSA) is 204 Å². The molecule has 3 aromatic heterocycles. The molecule has 0 fully saturated rings. The minimum atomic E-state index is -3.56. The number of halogens is 4. The van der Waals surface area contributed by atoms with Gasteiger partial charge in [0.05, 0.1) is 90.7 Å². The van der Waals surface area contributed by atoms with Gasteiger partial charge < -0.3 is 66.7 Å². The smallest absolute Gasteiger partial charge is 0.345 e. The fourth-order valence-electron chi connectivity index (χ4n) is 15.8. The summed E-state index contributed by atoms with van der Waals surface area (Å²) in [6, 6.07) is 30.9. The summed E-state index contributed by atoms with van der Waals surface area (Å²) in [7, 11) is -0.823. The Labute approximate surface area is 649 Å². The number of carbonyl (C=O) groups is 3. The van der Waals surface area contributed by atoms with Crippen LogP contribution in [0.5, 0.6) is 0 Å². The molecule has 0 unspecified atom stereocenters. The maximum absolute atomic E-state index is 13.3.